The van der Waals surface area contributed by atoms with E-state index in [1.807, 2.05) is 24.0 Å². The number of carbonyl (C=O) groups is 1. The molecule has 1 fully saturated rings. The first-order valence-corrected chi connectivity index (χ1v) is 5.85. The molecule has 2 rings (SSSR count). The minimum atomic E-state index is -0.179. The summed E-state index contributed by atoms with van der Waals surface area (Å²) in [4.78, 5) is 17.9. The molecule has 1 aliphatic heterocycles. The van der Waals surface area contributed by atoms with Crippen LogP contribution in [0.3, 0.4) is 0 Å². The van der Waals surface area contributed by atoms with Crippen LogP contribution in [-0.2, 0) is 9.53 Å². The Balaban J connectivity index is 2.17. The molecule has 0 amide bonds. The van der Waals surface area contributed by atoms with Gasteiger partial charge in [0.25, 0.3) is 0 Å². The van der Waals surface area contributed by atoms with Crippen molar-refractivity contribution in [1.82, 2.24) is 4.98 Å². The molecular weight excluding hydrogens is 230 g/mol. The highest BCUT2D eigenvalue weighted by molar-refractivity contribution is 5.74. The zero-order valence-corrected chi connectivity index (χ0v) is 10.5. The van der Waals surface area contributed by atoms with Crippen molar-refractivity contribution < 1.29 is 9.53 Å². The summed E-state index contributed by atoms with van der Waals surface area (Å²) in [5.41, 5.74) is 0.390. The number of hydrogen-bond acceptors (Lipinski definition) is 5. The van der Waals surface area contributed by atoms with E-state index in [9.17, 15) is 4.79 Å². The second kappa shape index (κ2) is 5.05. The van der Waals surface area contributed by atoms with Crippen LogP contribution in [0.1, 0.15) is 12.6 Å². The Labute approximate surface area is 106 Å². The number of hydrogen-bond donors (Lipinski definition) is 0. The molecular formula is C13H15N3O2. The molecule has 94 valence electrons. The van der Waals surface area contributed by atoms with Crippen molar-refractivity contribution >= 4 is 11.8 Å². The fourth-order valence-corrected chi connectivity index (χ4v) is 2.27. The summed E-state index contributed by atoms with van der Waals surface area (Å²) in [7, 11) is 1.41. The first kappa shape index (κ1) is 12.4. The van der Waals surface area contributed by atoms with Crippen LogP contribution >= 0.6 is 0 Å². The molecule has 0 saturated carbocycles. The Morgan fingerprint density at radius 3 is 3.00 bits per heavy atom. The van der Waals surface area contributed by atoms with E-state index in [-0.39, 0.29) is 17.8 Å². The van der Waals surface area contributed by atoms with E-state index in [0.717, 1.165) is 12.4 Å². The van der Waals surface area contributed by atoms with Gasteiger partial charge in [0.1, 0.15) is 17.6 Å². The lowest BCUT2D eigenvalue weighted by Gasteiger charge is -2.16. The molecule has 0 aromatic carbocycles. The van der Waals surface area contributed by atoms with Gasteiger partial charge in [-0.3, -0.25) is 4.79 Å². The van der Waals surface area contributed by atoms with Crippen LogP contribution in [0, 0.1) is 23.2 Å². The highest BCUT2D eigenvalue weighted by Gasteiger charge is 2.36. The molecule has 18 heavy (non-hydrogen) atoms. The first-order chi connectivity index (χ1) is 8.65. The second-order valence-electron chi connectivity index (χ2n) is 4.50. The van der Waals surface area contributed by atoms with Gasteiger partial charge in [-0.25, -0.2) is 4.98 Å². The maximum atomic E-state index is 11.6. The molecule has 1 saturated heterocycles. The Bertz CT molecular complexity index is 495. The number of carbonyl (C=O) groups excluding carboxylic acids is 1. The molecule has 0 aliphatic carbocycles. The molecule has 1 aromatic heterocycles. The van der Waals surface area contributed by atoms with Gasteiger partial charge >= 0.3 is 5.97 Å². The molecule has 0 spiro atoms. The maximum Gasteiger partial charge on any atom is 0.310 e. The topological polar surface area (TPSA) is 66.2 Å². The summed E-state index contributed by atoms with van der Waals surface area (Å²) < 4.78 is 4.80. The van der Waals surface area contributed by atoms with E-state index in [2.05, 4.69) is 4.98 Å². The lowest BCUT2D eigenvalue weighted by molar-refractivity contribution is -0.145. The molecule has 5 nitrogen and oxygen atoms in total. The number of nitriles is 1. The average Bonchev–Trinajstić information content (AvgIpc) is 2.80. The van der Waals surface area contributed by atoms with Crippen molar-refractivity contribution in [3.8, 4) is 6.07 Å². The molecule has 0 radical (unpaired) electrons. The number of pyridine rings is 1. The summed E-state index contributed by atoms with van der Waals surface area (Å²) in [6.45, 7) is 3.37. The molecule has 5 heteroatoms. The van der Waals surface area contributed by atoms with Crippen LogP contribution in [0.5, 0.6) is 0 Å². The fourth-order valence-electron chi connectivity index (χ4n) is 2.27. The van der Waals surface area contributed by atoms with Gasteiger partial charge in [0, 0.05) is 13.1 Å². The average molecular weight is 245 g/mol. The Morgan fingerprint density at radius 2 is 2.33 bits per heavy atom. The van der Waals surface area contributed by atoms with Crippen molar-refractivity contribution in [3.63, 3.8) is 0 Å². The minimum Gasteiger partial charge on any atom is -0.469 e. The van der Waals surface area contributed by atoms with Gasteiger partial charge in [0.05, 0.1) is 13.0 Å². The van der Waals surface area contributed by atoms with E-state index in [4.69, 9.17) is 10.00 Å². The molecule has 2 heterocycles. The summed E-state index contributed by atoms with van der Waals surface area (Å²) >= 11 is 0. The van der Waals surface area contributed by atoms with Gasteiger partial charge in [-0.1, -0.05) is 13.0 Å². The normalized spacial score (nSPS) is 22.6. The van der Waals surface area contributed by atoms with E-state index < -0.39 is 0 Å². The van der Waals surface area contributed by atoms with E-state index in [1.165, 1.54) is 7.11 Å². The van der Waals surface area contributed by atoms with Crippen molar-refractivity contribution in [2.75, 3.05) is 25.1 Å². The largest absolute Gasteiger partial charge is 0.469 e. The van der Waals surface area contributed by atoms with E-state index in [0.29, 0.717) is 12.2 Å². The Morgan fingerprint density at radius 1 is 1.56 bits per heavy atom. The van der Waals surface area contributed by atoms with Crippen molar-refractivity contribution in [2.24, 2.45) is 11.8 Å². The van der Waals surface area contributed by atoms with E-state index in [1.54, 1.807) is 12.1 Å². The molecule has 0 bridgehead atoms. The highest BCUT2D eigenvalue weighted by Crippen LogP contribution is 2.27. The van der Waals surface area contributed by atoms with Crippen LogP contribution in [0.15, 0.2) is 18.2 Å². The Hall–Kier alpha value is -2.09. The Kier molecular flexibility index (Phi) is 3.47. The van der Waals surface area contributed by atoms with Gasteiger partial charge in [-0.15, -0.1) is 0 Å². The highest BCUT2D eigenvalue weighted by atomic mass is 16.5. The van der Waals surface area contributed by atoms with Gasteiger partial charge in [-0.05, 0) is 18.1 Å². The second-order valence-corrected chi connectivity index (χ2v) is 4.50. The predicted molar refractivity (Wildman–Crippen MR) is 65.8 cm³/mol. The number of aromatic nitrogens is 1. The van der Waals surface area contributed by atoms with E-state index >= 15 is 0 Å². The van der Waals surface area contributed by atoms with Crippen molar-refractivity contribution in [3.05, 3.63) is 23.9 Å². The SMILES string of the molecule is COC(=O)C1CN(c2cccc(C#N)n2)CC1C. The van der Waals surface area contributed by atoms with Crippen LogP contribution in [0.2, 0.25) is 0 Å². The number of rotatable bonds is 2. The van der Waals surface area contributed by atoms with Crippen LogP contribution in [-0.4, -0.2) is 31.2 Å². The predicted octanol–water partition coefficient (Wildman–Crippen LogP) is 1.20. The monoisotopic (exact) mass is 245 g/mol. The molecule has 2 unspecified atom stereocenters. The first-order valence-electron chi connectivity index (χ1n) is 5.85. The van der Waals surface area contributed by atoms with Gasteiger partial charge in [0.2, 0.25) is 0 Å². The smallest absolute Gasteiger partial charge is 0.310 e. The van der Waals surface area contributed by atoms with Gasteiger partial charge in [-0.2, -0.15) is 5.26 Å². The number of esters is 1. The molecule has 0 N–H and O–H groups in total. The number of ether oxygens (including phenoxy) is 1. The van der Waals surface area contributed by atoms with Gasteiger partial charge < -0.3 is 9.64 Å². The fraction of sp³-hybridized carbons (Fsp3) is 0.462. The van der Waals surface area contributed by atoms with Crippen LogP contribution in [0.4, 0.5) is 5.82 Å². The number of anilines is 1. The number of nitrogens with zero attached hydrogens (tertiary/aromatic N) is 3. The summed E-state index contributed by atoms with van der Waals surface area (Å²) in [6, 6.07) is 7.34. The minimum absolute atomic E-state index is 0.123. The third-order valence-electron chi connectivity index (χ3n) is 3.29. The van der Waals surface area contributed by atoms with Crippen LogP contribution in [0.25, 0.3) is 0 Å². The zero-order valence-electron chi connectivity index (χ0n) is 10.5. The summed E-state index contributed by atoms with van der Waals surface area (Å²) in [5, 5.41) is 8.83. The standard InChI is InChI=1S/C13H15N3O2/c1-9-7-16(8-11(9)13(17)18-2)12-5-3-4-10(6-14)15-12/h3-5,9,11H,7-8H2,1-2H3. The maximum absolute atomic E-state index is 11.6. The van der Waals surface area contributed by atoms with Crippen LogP contribution < -0.4 is 4.90 Å². The van der Waals surface area contributed by atoms with Crippen molar-refractivity contribution in [1.29, 1.82) is 5.26 Å². The quantitative estimate of drug-likeness (QED) is 0.732. The van der Waals surface area contributed by atoms with Crippen molar-refractivity contribution in [2.45, 2.75) is 6.92 Å². The zero-order chi connectivity index (χ0) is 13.1. The molecule has 1 aromatic rings. The lowest BCUT2D eigenvalue weighted by atomic mass is 9.99. The lowest BCUT2D eigenvalue weighted by Crippen LogP contribution is -2.24. The third kappa shape index (κ3) is 2.28. The molecule has 2 atom stereocenters. The third-order valence-corrected chi connectivity index (χ3v) is 3.29. The summed E-state index contributed by atoms with van der Waals surface area (Å²) in [5.74, 6) is 0.668. The van der Waals surface area contributed by atoms with Gasteiger partial charge in [0.15, 0.2) is 0 Å². The summed E-state index contributed by atoms with van der Waals surface area (Å²) in [6.07, 6.45) is 0. The molecule has 1 aliphatic rings. The number of methoxy groups -OCH3 is 1.